The van der Waals surface area contributed by atoms with Gasteiger partial charge in [-0.25, -0.2) is 9.59 Å². The predicted molar refractivity (Wildman–Crippen MR) is 144 cm³/mol. The third kappa shape index (κ3) is 6.29. The molecule has 4 amide bonds. The van der Waals surface area contributed by atoms with Crippen molar-refractivity contribution in [2.75, 3.05) is 25.3 Å². The van der Waals surface area contributed by atoms with Crippen molar-refractivity contribution in [1.82, 2.24) is 25.9 Å². The number of carbonyl (C=O) groups is 4. The number of nitrogens with zero attached hydrogens (tertiary/aromatic N) is 3. The summed E-state index contributed by atoms with van der Waals surface area (Å²) in [7, 11) is 1.41. The van der Waals surface area contributed by atoms with Crippen LogP contribution in [-0.2, 0) is 25.5 Å². The number of hydrogen-bond donors (Lipinski definition) is 4. The number of aromatic nitrogens is 2. The number of urea groups is 1. The lowest BCUT2D eigenvalue weighted by atomic mass is 10.0. The van der Waals surface area contributed by atoms with E-state index in [2.05, 4.69) is 21.0 Å². The van der Waals surface area contributed by atoms with E-state index in [-0.39, 0.29) is 18.2 Å². The molecule has 2 aliphatic rings. The minimum Gasteiger partial charge on any atom is -0.593 e. The molecule has 1 fully saturated rings. The Morgan fingerprint density at radius 3 is 2.79 bits per heavy atom. The fourth-order valence-corrected chi connectivity index (χ4v) is 7.08. The van der Waals surface area contributed by atoms with Crippen molar-refractivity contribution in [3.8, 4) is 0 Å². The summed E-state index contributed by atoms with van der Waals surface area (Å²) < 4.78 is 4.81. The van der Waals surface area contributed by atoms with Gasteiger partial charge in [0.15, 0.2) is 0 Å². The Hall–Kier alpha value is -3.34. The van der Waals surface area contributed by atoms with Crippen LogP contribution in [0.4, 0.5) is 4.79 Å². The van der Waals surface area contributed by atoms with Gasteiger partial charge in [0.1, 0.15) is 35.6 Å². The highest BCUT2D eigenvalue weighted by Crippen LogP contribution is 2.41. The van der Waals surface area contributed by atoms with Gasteiger partial charge >= 0.3 is 12.0 Å². The molecule has 2 aromatic rings. The molecule has 0 radical (unpaired) electrons. The number of methoxy groups -OCH3 is 1. The lowest BCUT2D eigenvalue weighted by Crippen LogP contribution is -2.71. The molecule has 3 atom stereocenters. The molecule has 1 saturated heterocycles. The summed E-state index contributed by atoms with van der Waals surface area (Å²) in [6.07, 6.45) is 0.611. The van der Waals surface area contributed by atoms with Gasteiger partial charge in [-0.05, 0) is 46.1 Å². The largest absolute Gasteiger partial charge is 0.593 e. The van der Waals surface area contributed by atoms with Gasteiger partial charge in [0, 0.05) is 34.7 Å². The van der Waals surface area contributed by atoms with Crippen LogP contribution in [-0.4, -0.2) is 75.7 Å². The van der Waals surface area contributed by atoms with Gasteiger partial charge in [-0.2, -0.15) is 0 Å². The molecule has 2 aliphatic heterocycles. The van der Waals surface area contributed by atoms with Crippen LogP contribution in [0.1, 0.15) is 23.5 Å². The van der Waals surface area contributed by atoms with Crippen molar-refractivity contribution < 1.29 is 33.9 Å². The number of carboxylic acids is 1. The number of β-lactam (4-membered cyclic amide) rings is 1. The molecule has 0 aromatic carbocycles. The lowest BCUT2D eigenvalue weighted by molar-refractivity contribution is -0.707. The fourth-order valence-electron chi connectivity index (χ4n) is 3.96. The van der Waals surface area contributed by atoms with Crippen molar-refractivity contribution in [2.24, 2.45) is 0 Å². The number of hydrogen-bond acceptors (Lipinski definition) is 10. The Kier molecular flexibility index (Phi) is 9.32. The Balaban J connectivity index is 1.46. The van der Waals surface area contributed by atoms with Crippen LogP contribution < -0.4 is 20.8 Å². The van der Waals surface area contributed by atoms with E-state index in [0.717, 1.165) is 11.8 Å². The van der Waals surface area contributed by atoms with E-state index in [0.29, 0.717) is 38.2 Å². The average Bonchev–Trinajstić information content (AvgIpc) is 3.46. The first-order valence-electron chi connectivity index (χ1n) is 11.7. The number of aliphatic carboxylic acids is 1. The molecule has 208 valence electrons. The molecule has 16 heteroatoms. The number of nitrogens with one attached hydrogen (secondary N) is 3. The van der Waals surface area contributed by atoms with Crippen LogP contribution in [0.5, 0.6) is 0 Å². The average molecular weight is 595 g/mol. The van der Waals surface area contributed by atoms with E-state index in [1.165, 1.54) is 35.1 Å². The van der Waals surface area contributed by atoms with E-state index in [1.54, 1.807) is 29.6 Å². The monoisotopic (exact) mass is 594 g/mol. The lowest BCUT2D eigenvalue weighted by Gasteiger charge is -2.49. The van der Waals surface area contributed by atoms with Gasteiger partial charge in [-0.15, -0.1) is 23.1 Å². The molecule has 0 spiro atoms. The standard InChI is InChI=1S/C23H26N6O7S3/c1-3-13-6-7-15(29(35)27-13)38-9-12-10-39-21-17(20(31)28(21)18(12)22(32)33)25-19(30)16(14-5-4-8-37-14)26-23(34)24-11-36-2/h4-8,16-17,21H,3,9-11H2,1-2H3,(H,25,30)(H,32,33)(H2,24,26,34)/t16?,17-,21?/m0/s1. The van der Waals surface area contributed by atoms with Crippen LogP contribution in [0, 0.1) is 5.21 Å². The number of rotatable bonds is 11. The van der Waals surface area contributed by atoms with Gasteiger partial charge in [-0.1, -0.05) is 13.0 Å². The second-order valence-corrected chi connectivity index (χ2v) is 11.4. The summed E-state index contributed by atoms with van der Waals surface area (Å²) in [6.45, 7) is 1.83. The second-order valence-electron chi connectivity index (χ2n) is 8.36. The SMILES string of the molecule is CCc1ccc(SCC2=C(C(=O)O)N3C(=O)[C@H](NC(=O)C(NC(=O)NCOC)c4cccs4)C3SC2)[n+]([O-])n1. The number of carbonyl (C=O) groups excluding carboxylic acids is 3. The topological polar surface area (TPSA) is 177 Å². The summed E-state index contributed by atoms with van der Waals surface area (Å²) in [5.74, 6) is -1.97. The van der Waals surface area contributed by atoms with Crippen molar-refractivity contribution in [3.05, 3.63) is 56.7 Å². The predicted octanol–water partition coefficient (Wildman–Crippen LogP) is 0.814. The molecule has 39 heavy (non-hydrogen) atoms. The first-order valence-corrected chi connectivity index (χ1v) is 14.7. The number of fused-ring (bicyclic) bond motifs is 1. The van der Waals surface area contributed by atoms with Crippen LogP contribution in [0.2, 0.25) is 0 Å². The van der Waals surface area contributed by atoms with Crippen molar-refractivity contribution in [3.63, 3.8) is 0 Å². The van der Waals surface area contributed by atoms with Crippen molar-refractivity contribution >= 4 is 58.7 Å². The first kappa shape index (κ1) is 28.7. The number of ether oxygens (including phenoxy) is 1. The Morgan fingerprint density at radius 1 is 1.36 bits per heavy atom. The molecule has 4 N–H and O–H groups in total. The molecule has 0 bridgehead atoms. The highest BCUT2D eigenvalue weighted by molar-refractivity contribution is 8.01. The van der Waals surface area contributed by atoms with Crippen molar-refractivity contribution in [1.29, 1.82) is 0 Å². The maximum Gasteiger partial charge on any atom is 0.352 e. The maximum absolute atomic E-state index is 13.2. The molecule has 2 aromatic heterocycles. The van der Waals surface area contributed by atoms with Crippen molar-refractivity contribution in [2.45, 2.75) is 35.8 Å². The summed E-state index contributed by atoms with van der Waals surface area (Å²) in [4.78, 5) is 52.8. The van der Waals surface area contributed by atoms with E-state index < -0.39 is 41.3 Å². The molecule has 13 nitrogen and oxygen atoms in total. The molecule has 4 rings (SSSR count). The smallest absolute Gasteiger partial charge is 0.352 e. The minimum absolute atomic E-state index is 0.0559. The maximum atomic E-state index is 13.2. The highest BCUT2D eigenvalue weighted by Gasteiger charge is 2.54. The second kappa shape index (κ2) is 12.7. The third-order valence-electron chi connectivity index (χ3n) is 5.87. The highest BCUT2D eigenvalue weighted by atomic mass is 32.2. The zero-order chi connectivity index (χ0) is 28.1. The summed E-state index contributed by atoms with van der Waals surface area (Å²) in [5, 5.41) is 35.2. The van der Waals surface area contributed by atoms with Crippen LogP contribution >= 0.6 is 34.9 Å². The Bertz CT molecular complexity index is 1290. The molecular formula is C23H26N6O7S3. The summed E-state index contributed by atoms with van der Waals surface area (Å²) in [5.41, 5.74) is 0.978. The van der Waals surface area contributed by atoms with Gasteiger partial charge < -0.3 is 31.0 Å². The fraction of sp³-hybridized carbons (Fsp3) is 0.391. The van der Waals surface area contributed by atoms with Crippen LogP contribution in [0.3, 0.4) is 0 Å². The summed E-state index contributed by atoms with van der Waals surface area (Å²) >= 11 is 3.72. The number of thioether (sulfide) groups is 2. The van der Waals surface area contributed by atoms with Gasteiger partial charge in [0.25, 0.3) is 10.9 Å². The number of carboxylic acid groups (broad SMARTS) is 1. The van der Waals surface area contributed by atoms with E-state index >= 15 is 0 Å². The van der Waals surface area contributed by atoms with Gasteiger partial charge in [0.05, 0.1) is 0 Å². The zero-order valence-electron chi connectivity index (χ0n) is 20.9. The molecular weight excluding hydrogens is 568 g/mol. The Morgan fingerprint density at radius 2 is 2.15 bits per heavy atom. The zero-order valence-corrected chi connectivity index (χ0v) is 23.4. The minimum atomic E-state index is -1.27. The molecule has 0 aliphatic carbocycles. The van der Waals surface area contributed by atoms with E-state index in [4.69, 9.17) is 4.74 Å². The van der Waals surface area contributed by atoms with E-state index in [9.17, 15) is 29.5 Å². The molecule has 4 heterocycles. The Labute approximate surface area is 235 Å². The summed E-state index contributed by atoms with van der Waals surface area (Å²) in [6, 6.07) is 4.13. The number of aryl methyl sites for hydroxylation is 1. The normalized spacial score (nSPS) is 19.1. The molecule has 0 saturated carbocycles. The quantitative estimate of drug-likeness (QED) is 0.0957. The first-order chi connectivity index (χ1) is 18.7. The third-order valence-corrected chi connectivity index (χ3v) is 9.23. The number of thiophene rings is 1. The van der Waals surface area contributed by atoms with Crippen LogP contribution in [0.25, 0.3) is 0 Å². The van der Waals surface area contributed by atoms with Gasteiger partial charge in [-0.3, -0.25) is 14.5 Å². The number of amides is 4. The van der Waals surface area contributed by atoms with Crippen LogP contribution in [0.15, 0.2) is 45.9 Å². The van der Waals surface area contributed by atoms with Gasteiger partial charge in [0.2, 0.25) is 5.91 Å². The molecule has 2 unspecified atom stereocenters. The van der Waals surface area contributed by atoms with E-state index in [1.807, 2.05) is 6.92 Å².